The average molecular weight is 320 g/mol. The third-order valence-corrected chi connectivity index (χ3v) is 2.52. The minimum atomic E-state index is -1.34. The van der Waals surface area contributed by atoms with Gasteiger partial charge in [-0.1, -0.05) is 9.24 Å². The highest BCUT2D eigenvalue weighted by Crippen LogP contribution is 2.00. The monoisotopic (exact) mass is 320 g/mol. The van der Waals surface area contributed by atoms with Crippen LogP contribution in [0.1, 0.15) is 25.7 Å². The Kier molecular flexibility index (Phi) is 8.87. The van der Waals surface area contributed by atoms with Crippen molar-refractivity contribution in [1.82, 2.24) is 10.6 Å². The van der Waals surface area contributed by atoms with Crippen LogP contribution in [0.5, 0.6) is 0 Å². The van der Waals surface area contributed by atoms with E-state index in [0.29, 0.717) is 0 Å². The van der Waals surface area contributed by atoms with Crippen LogP contribution >= 0.6 is 9.24 Å². The molecular formula is C11H17N2O7P. The first-order valence-corrected chi connectivity index (χ1v) is 6.59. The summed E-state index contributed by atoms with van der Waals surface area (Å²) in [7, 11) is 1.88. The van der Waals surface area contributed by atoms with Crippen molar-refractivity contribution in [3.8, 4) is 0 Å². The second-order valence-electron chi connectivity index (χ2n) is 4.13. The predicted molar refractivity (Wildman–Crippen MR) is 73.4 cm³/mol. The van der Waals surface area contributed by atoms with Gasteiger partial charge in [0.2, 0.25) is 11.8 Å². The summed E-state index contributed by atoms with van der Waals surface area (Å²) in [4.78, 5) is 54.5. The van der Waals surface area contributed by atoms with Crippen molar-refractivity contribution < 1.29 is 34.2 Å². The molecule has 2 amide bonds. The lowest BCUT2D eigenvalue weighted by Crippen LogP contribution is -2.41. The molecule has 0 saturated carbocycles. The van der Waals surface area contributed by atoms with E-state index in [4.69, 9.17) is 10.2 Å². The number of rotatable bonds is 10. The van der Waals surface area contributed by atoms with Gasteiger partial charge in [0.15, 0.2) is 5.52 Å². The highest BCUT2D eigenvalue weighted by Gasteiger charge is 2.21. The molecule has 21 heavy (non-hydrogen) atoms. The minimum Gasteiger partial charge on any atom is -0.481 e. The number of hydrogen-bond donors (Lipinski definition) is 4. The first-order chi connectivity index (χ1) is 9.72. The van der Waals surface area contributed by atoms with E-state index in [1.165, 1.54) is 0 Å². The van der Waals surface area contributed by atoms with E-state index >= 15 is 0 Å². The summed E-state index contributed by atoms with van der Waals surface area (Å²) in [6, 6.07) is -1.31. The third kappa shape index (κ3) is 10.4. The zero-order valence-electron chi connectivity index (χ0n) is 11.1. The molecule has 0 aromatic carbocycles. The number of hydrogen-bond acceptors (Lipinski definition) is 5. The van der Waals surface area contributed by atoms with Crippen LogP contribution in [0.15, 0.2) is 0 Å². The average Bonchev–Trinajstić information content (AvgIpc) is 2.38. The van der Waals surface area contributed by atoms with Crippen molar-refractivity contribution in [2.45, 2.75) is 31.7 Å². The van der Waals surface area contributed by atoms with Crippen LogP contribution in [0.2, 0.25) is 0 Å². The number of nitrogens with one attached hydrogen (secondary N) is 2. The van der Waals surface area contributed by atoms with Gasteiger partial charge in [-0.25, -0.2) is 4.79 Å². The number of carboxylic acids is 2. The van der Waals surface area contributed by atoms with Gasteiger partial charge in [0.05, 0.1) is 6.54 Å². The van der Waals surface area contributed by atoms with E-state index in [-0.39, 0.29) is 31.3 Å². The van der Waals surface area contributed by atoms with Crippen LogP contribution in [0.4, 0.5) is 0 Å². The Morgan fingerprint density at radius 2 is 1.52 bits per heavy atom. The van der Waals surface area contributed by atoms with E-state index < -0.39 is 36.2 Å². The molecule has 10 heteroatoms. The first-order valence-electron chi connectivity index (χ1n) is 6.01. The Bertz CT molecular complexity index is 438. The van der Waals surface area contributed by atoms with Crippen molar-refractivity contribution in [2.75, 3.05) is 6.54 Å². The van der Waals surface area contributed by atoms with Gasteiger partial charge in [0.25, 0.3) is 0 Å². The molecule has 0 saturated heterocycles. The third-order valence-electron chi connectivity index (χ3n) is 2.32. The molecule has 0 aromatic rings. The maximum absolute atomic E-state index is 11.5. The van der Waals surface area contributed by atoms with Gasteiger partial charge in [0, 0.05) is 19.3 Å². The van der Waals surface area contributed by atoms with E-state index in [1.807, 2.05) is 9.24 Å². The fraction of sp³-hybridized carbons (Fsp3) is 0.545. The normalized spacial score (nSPS) is 11.3. The lowest BCUT2D eigenvalue weighted by atomic mass is 10.1. The van der Waals surface area contributed by atoms with Gasteiger partial charge in [0.1, 0.15) is 6.04 Å². The zero-order valence-corrected chi connectivity index (χ0v) is 12.3. The Hall–Kier alpha value is -2.02. The second-order valence-corrected chi connectivity index (χ2v) is 4.78. The second kappa shape index (κ2) is 9.82. The molecule has 1 unspecified atom stereocenters. The molecule has 0 heterocycles. The number of aliphatic carboxylic acids is 2. The van der Waals surface area contributed by atoms with Crippen molar-refractivity contribution in [3.63, 3.8) is 0 Å². The molecule has 0 radical (unpaired) electrons. The van der Waals surface area contributed by atoms with Gasteiger partial charge < -0.3 is 20.8 Å². The standard InChI is InChI=1S/C11H17N2O7P/c14-7(12-5-10(18)21)2-3-8(15)13-6(11(19)20)1-4-9(16)17/h6H,1-5,21H2,(H,12,14)(H,13,15)(H,16,17)(H,19,20)/t6-/m1/s1. The molecule has 9 nitrogen and oxygen atoms in total. The van der Waals surface area contributed by atoms with Crippen LogP contribution in [-0.4, -0.2) is 52.1 Å². The summed E-state index contributed by atoms with van der Waals surface area (Å²) in [6.45, 7) is -0.165. The Morgan fingerprint density at radius 3 is 2.00 bits per heavy atom. The molecule has 0 aromatic heterocycles. The lowest BCUT2D eigenvalue weighted by molar-refractivity contribution is -0.143. The van der Waals surface area contributed by atoms with Crippen LogP contribution in [0, 0.1) is 0 Å². The van der Waals surface area contributed by atoms with Crippen molar-refractivity contribution in [2.24, 2.45) is 0 Å². The highest BCUT2D eigenvalue weighted by atomic mass is 31.0. The molecule has 0 spiro atoms. The zero-order chi connectivity index (χ0) is 16.4. The van der Waals surface area contributed by atoms with Crippen molar-refractivity contribution in [3.05, 3.63) is 0 Å². The van der Waals surface area contributed by atoms with E-state index in [9.17, 15) is 24.0 Å². The maximum atomic E-state index is 11.5. The Labute approximate surface area is 122 Å². The SMILES string of the molecule is O=C(O)CC[C@@H](NC(=O)CCC(=O)NCC(=O)P)C(=O)O. The largest absolute Gasteiger partial charge is 0.481 e. The highest BCUT2D eigenvalue weighted by molar-refractivity contribution is 7.40. The van der Waals surface area contributed by atoms with Gasteiger partial charge in [-0.3, -0.25) is 19.2 Å². The van der Waals surface area contributed by atoms with E-state index in [1.54, 1.807) is 0 Å². The molecule has 0 aliphatic carbocycles. The van der Waals surface area contributed by atoms with Gasteiger partial charge in [-0.15, -0.1) is 0 Å². The van der Waals surface area contributed by atoms with E-state index in [0.717, 1.165) is 0 Å². The molecular weight excluding hydrogens is 303 g/mol. The molecule has 2 atom stereocenters. The topological polar surface area (TPSA) is 150 Å². The summed E-state index contributed by atoms with van der Waals surface area (Å²) in [6.07, 6.45) is -1.10. The number of carbonyl (C=O) groups is 5. The van der Waals surface area contributed by atoms with Gasteiger partial charge in [-0.2, -0.15) is 0 Å². The van der Waals surface area contributed by atoms with Crippen LogP contribution in [0.3, 0.4) is 0 Å². The lowest BCUT2D eigenvalue weighted by Gasteiger charge is -2.13. The van der Waals surface area contributed by atoms with Gasteiger partial charge in [-0.05, 0) is 6.42 Å². The molecule has 118 valence electrons. The molecule has 0 fully saturated rings. The first kappa shape index (κ1) is 19.0. The fourth-order valence-electron chi connectivity index (χ4n) is 1.29. The van der Waals surface area contributed by atoms with Crippen LogP contribution in [-0.2, 0) is 24.0 Å². The molecule has 0 aliphatic heterocycles. The quantitative estimate of drug-likeness (QED) is 0.366. The Balaban J connectivity index is 4.14. The smallest absolute Gasteiger partial charge is 0.326 e. The van der Waals surface area contributed by atoms with Gasteiger partial charge >= 0.3 is 11.9 Å². The predicted octanol–water partition coefficient (Wildman–Crippen LogP) is -1.28. The van der Waals surface area contributed by atoms with Crippen LogP contribution < -0.4 is 10.6 Å². The summed E-state index contributed by atoms with van der Waals surface area (Å²) in [5.74, 6) is -3.71. The van der Waals surface area contributed by atoms with Crippen molar-refractivity contribution >= 4 is 38.5 Å². The number of carbonyl (C=O) groups excluding carboxylic acids is 3. The molecule has 0 rings (SSSR count). The molecule has 0 aliphatic rings. The Morgan fingerprint density at radius 1 is 0.952 bits per heavy atom. The summed E-state index contributed by atoms with van der Waals surface area (Å²) < 4.78 is 0. The summed E-state index contributed by atoms with van der Waals surface area (Å²) in [5, 5.41) is 21.7. The number of carboxylic acid groups (broad SMARTS) is 2. The molecule has 4 N–H and O–H groups in total. The minimum absolute atomic E-state index is 0.165. The van der Waals surface area contributed by atoms with E-state index in [2.05, 4.69) is 10.6 Å². The van der Waals surface area contributed by atoms with Crippen molar-refractivity contribution in [1.29, 1.82) is 0 Å². The fourth-order valence-corrected chi connectivity index (χ4v) is 1.39. The molecule has 0 bridgehead atoms. The summed E-state index contributed by atoms with van der Waals surface area (Å²) in [5.41, 5.74) is -0.313. The number of amides is 2. The van der Waals surface area contributed by atoms with Crippen LogP contribution in [0.25, 0.3) is 0 Å². The summed E-state index contributed by atoms with van der Waals surface area (Å²) >= 11 is 0. The maximum Gasteiger partial charge on any atom is 0.326 e.